The summed E-state index contributed by atoms with van der Waals surface area (Å²) in [7, 11) is 0. The molecule has 20 heavy (non-hydrogen) atoms. The Kier molecular flexibility index (Phi) is 3.38. The minimum Gasteiger partial charge on any atom is -0.357 e. The molecule has 2 aromatic rings. The number of amides is 1. The van der Waals surface area contributed by atoms with Crippen molar-refractivity contribution in [1.29, 1.82) is 0 Å². The van der Waals surface area contributed by atoms with E-state index in [1.165, 1.54) is 6.07 Å². The van der Waals surface area contributed by atoms with Crippen molar-refractivity contribution in [1.82, 2.24) is 10.3 Å². The maximum Gasteiger partial charge on any atom is 0.268 e. The number of carbonyl (C=O) groups is 1. The first-order valence-electron chi connectivity index (χ1n) is 6.52. The van der Waals surface area contributed by atoms with Crippen molar-refractivity contribution in [3.8, 4) is 0 Å². The van der Waals surface area contributed by atoms with Gasteiger partial charge < -0.3 is 10.3 Å². The molecule has 1 fully saturated rings. The second kappa shape index (κ2) is 5.05. The van der Waals surface area contributed by atoms with Crippen LogP contribution < -0.4 is 5.32 Å². The molecular weight excluding hydrogens is 323 g/mol. The van der Waals surface area contributed by atoms with Crippen LogP contribution in [0.2, 0.25) is 0 Å². The van der Waals surface area contributed by atoms with Crippen molar-refractivity contribution in [2.75, 3.05) is 0 Å². The number of carbonyl (C=O) groups excluding carboxylic acids is 1. The predicted molar refractivity (Wildman–Crippen MR) is 77.9 cm³/mol. The van der Waals surface area contributed by atoms with Crippen molar-refractivity contribution in [3.63, 3.8) is 0 Å². The fraction of sp³-hybridized carbons (Fsp3) is 0.267. The van der Waals surface area contributed by atoms with E-state index in [-0.39, 0.29) is 11.7 Å². The molecule has 1 aromatic heterocycles. The monoisotopic (exact) mass is 336 g/mol. The first-order chi connectivity index (χ1) is 9.61. The highest BCUT2D eigenvalue weighted by atomic mass is 79.9. The molecule has 1 amide bonds. The maximum atomic E-state index is 14.2. The normalized spacial score (nSPS) is 16.5. The van der Waals surface area contributed by atoms with Crippen LogP contribution in [0.25, 0.3) is 0 Å². The molecule has 1 aliphatic rings. The van der Waals surface area contributed by atoms with Crippen LogP contribution in [-0.4, -0.2) is 10.9 Å². The van der Waals surface area contributed by atoms with Gasteiger partial charge in [0.2, 0.25) is 0 Å². The number of nitrogens with one attached hydrogen (secondary N) is 2. The Morgan fingerprint density at radius 2 is 2.15 bits per heavy atom. The summed E-state index contributed by atoms with van der Waals surface area (Å²) < 4.78 is 14.9. The average molecular weight is 337 g/mol. The zero-order valence-corrected chi connectivity index (χ0v) is 12.3. The molecule has 0 saturated heterocycles. The number of hydrogen-bond acceptors (Lipinski definition) is 1. The van der Waals surface area contributed by atoms with E-state index in [2.05, 4.69) is 26.2 Å². The molecule has 1 aliphatic carbocycles. The van der Waals surface area contributed by atoms with Crippen molar-refractivity contribution < 1.29 is 9.18 Å². The van der Waals surface area contributed by atoms with Crippen LogP contribution in [0, 0.1) is 5.82 Å². The van der Waals surface area contributed by atoms with Gasteiger partial charge in [-0.15, -0.1) is 0 Å². The first kappa shape index (κ1) is 13.4. The predicted octanol–water partition coefficient (Wildman–Crippen LogP) is 3.73. The van der Waals surface area contributed by atoms with E-state index in [0.29, 0.717) is 15.7 Å². The Morgan fingerprint density at radius 1 is 1.35 bits per heavy atom. The van der Waals surface area contributed by atoms with E-state index in [0.717, 1.165) is 19.3 Å². The van der Waals surface area contributed by atoms with Gasteiger partial charge in [0.1, 0.15) is 11.5 Å². The maximum absolute atomic E-state index is 14.2. The van der Waals surface area contributed by atoms with E-state index in [1.54, 1.807) is 30.5 Å². The van der Waals surface area contributed by atoms with Crippen LogP contribution in [0.4, 0.5) is 4.39 Å². The smallest absolute Gasteiger partial charge is 0.268 e. The molecule has 0 bridgehead atoms. The molecule has 1 heterocycles. The van der Waals surface area contributed by atoms with E-state index < -0.39 is 5.54 Å². The van der Waals surface area contributed by atoms with Gasteiger partial charge in [-0.1, -0.05) is 22.0 Å². The summed E-state index contributed by atoms with van der Waals surface area (Å²) in [5, 5.41) is 2.98. The van der Waals surface area contributed by atoms with E-state index >= 15 is 0 Å². The lowest BCUT2D eigenvalue weighted by molar-refractivity contribution is 0.0813. The summed E-state index contributed by atoms with van der Waals surface area (Å²) in [5.41, 5.74) is 0.480. The quantitative estimate of drug-likeness (QED) is 0.881. The number of hydrogen-bond donors (Lipinski definition) is 2. The standard InChI is InChI=1S/C15H14BrFN2O/c16-10-4-5-11(12(17)9-10)15(6-2-7-15)19-14(20)13-3-1-8-18-13/h1,3-5,8-9,18H,2,6-7H2,(H,19,20). The summed E-state index contributed by atoms with van der Waals surface area (Å²) in [6, 6.07) is 8.46. The Morgan fingerprint density at radius 3 is 2.70 bits per heavy atom. The van der Waals surface area contributed by atoms with Gasteiger partial charge in [0, 0.05) is 16.2 Å². The summed E-state index contributed by atoms with van der Waals surface area (Å²) in [6.45, 7) is 0. The molecule has 0 aliphatic heterocycles. The minimum atomic E-state index is -0.576. The van der Waals surface area contributed by atoms with Crippen molar-refractivity contribution in [3.05, 3.63) is 58.1 Å². The number of aromatic nitrogens is 1. The lowest BCUT2D eigenvalue weighted by atomic mass is 9.71. The van der Waals surface area contributed by atoms with Crippen molar-refractivity contribution >= 4 is 21.8 Å². The average Bonchev–Trinajstić information content (AvgIpc) is 2.88. The number of H-pyrrole nitrogens is 1. The number of halogens is 2. The largest absolute Gasteiger partial charge is 0.357 e. The van der Waals surface area contributed by atoms with Crippen LogP contribution in [0.15, 0.2) is 41.0 Å². The highest BCUT2D eigenvalue weighted by molar-refractivity contribution is 9.10. The lowest BCUT2D eigenvalue weighted by Crippen LogP contribution is -2.51. The Bertz CT molecular complexity index is 635. The first-order valence-corrected chi connectivity index (χ1v) is 7.31. The third-order valence-corrected chi connectivity index (χ3v) is 4.34. The van der Waals surface area contributed by atoms with Gasteiger partial charge in [0.25, 0.3) is 5.91 Å². The molecule has 1 saturated carbocycles. The molecule has 0 spiro atoms. The topological polar surface area (TPSA) is 44.9 Å². The van der Waals surface area contributed by atoms with Gasteiger partial charge in [-0.3, -0.25) is 4.79 Å². The van der Waals surface area contributed by atoms with E-state index in [9.17, 15) is 9.18 Å². The zero-order valence-electron chi connectivity index (χ0n) is 10.7. The lowest BCUT2D eigenvalue weighted by Gasteiger charge is -2.43. The number of benzene rings is 1. The molecule has 1 aromatic carbocycles. The van der Waals surface area contributed by atoms with E-state index in [1.807, 2.05) is 0 Å². The second-order valence-corrected chi connectivity index (χ2v) is 6.01. The number of rotatable bonds is 3. The molecule has 2 N–H and O–H groups in total. The minimum absolute atomic E-state index is 0.197. The number of aromatic amines is 1. The van der Waals surface area contributed by atoms with Gasteiger partial charge in [-0.25, -0.2) is 4.39 Å². The van der Waals surface area contributed by atoms with Crippen LogP contribution in [-0.2, 0) is 5.54 Å². The molecule has 5 heteroatoms. The van der Waals surface area contributed by atoms with Gasteiger partial charge in [0.05, 0.1) is 5.54 Å². The fourth-order valence-corrected chi connectivity index (χ4v) is 2.96. The van der Waals surface area contributed by atoms with Gasteiger partial charge in [0.15, 0.2) is 0 Å². The van der Waals surface area contributed by atoms with Crippen LogP contribution in [0.5, 0.6) is 0 Å². The van der Waals surface area contributed by atoms with E-state index in [4.69, 9.17) is 0 Å². The van der Waals surface area contributed by atoms with Crippen molar-refractivity contribution in [2.45, 2.75) is 24.8 Å². The zero-order chi connectivity index (χ0) is 14.2. The third kappa shape index (κ3) is 2.26. The molecular formula is C15H14BrFN2O. The Hall–Kier alpha value is -1.62. The van der Waals surface area contributed by atoms with Gasteiger partial charge in [-0.05, 0) is 43.5 Å². The molecule has 3 nitrogen and oxygen atoms in total. The van der Waals surface area contributed by atoms with Gasteiger partial charge in [-0.2, -0.15) is 0 Å². The molecule has 0 radical (unpaired) electrons. The highest BCUT2D eigenvalue weighted by Crippen LogP contribution is 2.42. The van der Waals surface area contributed by atoms with Crippen molar-refractivity contribution in [2.24, 2.45) is 0 Å². The summed E-state index contributed by atoms with van der Waals surface area (Å²) in [4.78, 5) is 15.1. The van der Waals surface area contributed by atoms with Crippen LogP contribution in [0.3, 0.4) is 0 Å². The third-order valence-electron chi connectivity index (χ3n) is 3.85. The molecule has 0 atom stereocenters. The van der Waals surface area contributed by atoms with Gasteiger partial charge >= 0.3 is 0 Å². The fourth-order valence-electron chi connectivity index (χ4n) is 2.63. The molecule has 0 unspecified atom stereocenters. The Labute approximate surface area is 124 Å². The molecule has 104 valence electrons. The Balaban J connectivity index is 1.90. The summed E-state index contributed by atoms with van der Waals surface area (Å²) >= 11 is 3.25. The second-order valence-electron chi connectivity index (χ2n) is 5.10. The van der Waals surface area contributed by atoms with Crippen LogP contribution >= 0.6 is 15.9 Å². The van der Waals surface area contributed by atoms with Crippen LogP contribution in [0.1, 0.15) is 35.3 Å². The summed E-state index contributed by atoms with van der Waals surface area (Å²) in [5.74, 6) is -0.483. The SMILES string of the molecule is O=C(NC1(c2ccc(Br)cc2F)CCC1)c1ccc[nH]1. The highest BCUT2D eigenvalue weighted by Gasteiger charge is 2.42. The summed E-state index contributed by atoms with van der Waals surface area (Å²) in [6.07, 6.45) is 4.21. The molecule has 3 rings (SSSR count).